The number of likely N-dealkylation sites (N-methyl/N-ethyl adjacent to an activating group) is 1. The minimum Gasteiger partial charge on any atom is -0.492 e. The van der Waals surface area contributed by atoms with Gasteiger partial charge < -0.3 is 10.1 Å². The molecular weight excluding hydrogens is 394 g/mol. The van der Waals surface area contributed by atoms with Crippen LogP contribution in [0.5, 0.6) is 5.75 Å². The number of carbonyl (C=O) groups excluding carboxylic acids is 1. The molecule has 1 unspecified atom stereocenters. The summed E-state index contributed by atoms with van der Waals surface area (Å²) >= 11 is 1.53. The molecule has 0 radical (unpaired) electrons. The Kier molecular flexibility index (Phi) is 7.32. The van der Waals surface area contributed by atoms with Gasteiger partial charge in [-0.15, -0.1) is 11.3 Å². The Morgan fingerprint density at radius 3 is 2.59 bits per heavy atom. The number of hydrogen-bond acceptors (Lipinski definition) is 4. The Labute approximate surface area is 172 Å². The Balaban J connectivity index is 1.53. The first-order valence-electron chi connectivity index (χ1n) is 9.16. The summed E-state index contributed by atoms with van der Waals surface area (Å²) in [5.41, 5.74) is 0.819. The van der Waals surface area contributed by atoms with E-state index in [1.54, 1.807) is 24.3 Å². The SMILES string of the molecule is CN(CCOc1cccc(F)c1)CC(=O)NC(c1ccc(F)cc1)c1cccs1. The molecule has 0 aliphatic rings. The van der Waals surface area contributed by atoms with Crippen molar-refractivity contribution in [1.29, 1.82) is 0 Å². The average Bonchev–Trinajstić information content (AvgIpc) is 3.21. The van der Waals surface area contributed by atoms with Crippen LogP contribution in [0.2, 0.25) is 0 Å². The third kappa shape index (κ3) is 6.37. The normalized spacial score (nSPS) is 12.0. The summed E-state index contributed by atoms with van der Waals surface area (Å²) in [5, 5.41) is 4.96. The number of halogens is 2. The number of carbonyl (C=O) groups is 1. The molecule has 0 fully saturated rings. The van der Waals surface area contributed by atoms with E-state index in [9.17, 15) is 13.6 Å². The van der Waals surface area contributed by atoms with E-state index in [2.05, 4.69) is 5.32 Å². The number of nitrogens with zero attached hydrogens (tertiary/aromatic N) is 1. The number of hydrogen-bond donors (Lipinski definition) is 1. The van der Waals surface area contributed by atoms with Gasteiger partial charge in [-0.2, -0.15) is 0 Å². The Hall–Kier alpha value is -2.77. The summed E-state index contributed by atoms with van der Waals surface area (Å²) in [7, 11) is 1.81. The molecule has 0 spiro atoms. The van der Waals surface area contributed by atoms with Crippen LogP contribution in [0.25, 0.3) is 0 Å². The highest BCUT2D eigenvalue weighted by Gasteiger charge is 2.19. The van der Waals surface area contributed by atoms with Crippen molar-refractivity contribution in [2.75, 3.05) is 26.7 Å². The Morgan fingerprint density at radius 2 is 1.90 bits per heavy atom. The summed E-state index contributed by atoms with van der Waals surface area (Å²) in [6.45, 7) is 1.01. The summed E-state index contributed by atoms with van der Waals surface area (Å²) in [5.74, 6) is -0.364. The van der Waals surface area contributed by atoms with Gasteiger partial charge in [0, 0.05) is 17.5 Å². The molecule has 0 saturated heterocycles. The van der Waals surface area contributed by atoms with Gasteiger partial charge in [0.15, 0.2) is 0 Å². The topological polar surface area (TPSA) is 41.6 Å². The van der Waals surface area contributed by atoms with Crippen molar-refractivity contribution in [2.45, 2.75) is 6.04 Å². The van der Waals surface area contributed by atoms with E-state index in [-0.39, 0.29) is 30.1 Å². The van der Waals surface area contributed by atoms with Gasteiger partial charge in [-0.3, -0.25) is 9.69 Å². The van der Waals surface area contributed by atoms with E-state index >= 15 is 0 Å². The predicted molar refractivity (Wildman–Crippen MR) is 110 cm³/mol. The van der Waals surface area contributed by atoms with Crippen LogP contribution in [0, 0.1) is 11.6 Å². The lowest BCUT2D eigenvalue weighted by Crippen LogP contribution is -2.38. The Bertz CT molecular complexity index is 917. The zero-order valence-corrected chi connectivity index (χ0v) is 16.8. The molecule has 3 aromatic rings. The van der Waals surface area contributed by atoms with Gasteiger partial charge in [-0.25, -0.2) is 8.78 Å². The van der Waals surface area contributed by atoms with Gasteiger partial charge in [0.2, 0.25) is 5.91 Å². The maximum atomic E-state index is 13.3. The number of thiophene rings is 1. The molecule has 7 heteroatoms. The highest BCUT2D eigenvalue weighted by atomic mass is 32.1. The third-order valence-corrected chi connectivity index (χ3v) is 5.22. The van der Waals surface area contributed by atoms with Crippen molar-refractivity contribution < 1.29 is 18.3 Å². The molecule has 29 heavy (non-hydrogen) atoms. The van der Waals surface area contributed by atoms with Crippen molar-refractivity contribution in [3.63, 3.8) is 0 Å². The maximum absolute atomic E-state index is 13.3. The van der Waals surface area contributed by atoms with Gasteiger partial charge >= 0.3 is 0 Å². The average molecular weight is 416 g/mol. The van der Waals surface area contributed by atoms with Crippen molar-refractivity contribution in [3.05, 3.63) is 88.1 Å². The summed E-state index contributed by atoms with van der Waals surface area (Å²) in [4.78, 5) is 15.4. The van der Waals surface area contributed by atoms with Crippen molar-refractivity contribution in [1.82, 2.24) is 10.2 Å². The lowest BCUT2D eigenvalue weighted by atomic mass is 10.1. The minimum atomic E-state index is -0.351. The smallest absolute Gasteiger partial charge is 0.234 e. The quantitative estimate of drug-likeness (QED) is 0.567. The first kappa shape index (κ1) is 21.0. The second kappa shape index (κ2) is 10.1. The first-order chi connectivity index (χ1) is 14.0. The van der Waals surface area contributed by atoms with E-state index in [0.717, 1.165) is 10.4 Å². The monoisotopic (exact) mass is 416 g/mol. The van der Waals surface area contributed by atoms with Gasteiger partial charge in [-0.1, -0.05) is 24.3 Å². The maximum Gasteiger partial charge on any atom is 0.234 e. The molecule has 0 bridgehead atoms. The number of rotatable bonds is 9. The van der Waals surface area contributed by atoms with E-state index in [1.807, 2.05) is 29.5 Å². The molecule has 0 aliphatic heterocycles. The van der Waals surface area contributed by atoms with Crippen LogP contribution < -0.4 is 10.1 Å². The van der Waals surface area contributed by atoms with E-state index in [1.165, 1.54) is 35.6 Å². The molecule has 2 aromatic carbocycles. The molecule has 1 heterocycles. The predicted octanol–water partition coefficient (Wildman–Crippen LogP) is 4.24. The van der Waals surface area contributed by atoms with Crippen LogP contribution >= 0.6 is 11.3 Å². The van der Waals surface area contributed by atoms with E-state index in [4.69, 9.17) is 4.74 Å². The fourth-order valence-electron chi connectivity index (χ4n) is 2.84. The molecule has 1 aromatic heterocycles. The minimum absolute atomic E-state index is 0.152. The van der Waals surface area contributed by atoms with Crippen LogP contribution in [0.1, 0.15) is 16.5 Å². The molecule has 1 N–H and O–H groups in total. The van der Waals surface area contributed by atoms with Gasteiger partial charge in [0.05, 0.1) is 12.6 Å². The van der Waals surface area contributed by atoms with Crippen LogP contribution in [0.15, 0.2) is 66.0 Å². The van der Waals surface area contributed by atoms with Crippen molar-refractivity contribution >= 4 is 17.2 Å². The molecule has 0 saturated carbocycles. The third-order valence-electron chi connectivity index (χ3n) is 4.29. The number of benzene rings is 2. The summed E-state index contributed by atoms with van der Waals surface area (Å²) < 4.78 is 31.9. The Morgan fingerprint density at radius 1 is 1.10 bits per heavy atom. The van der Waals surface area contributed by atoms with Crippen LogP contribution in [0.3, 0.4) is 0 Å². The fraction of sp³-hybridized carbons (Fsp3) is 0.227. The number of ether oxygens (including phenoxy) is 1. The lowest BCUT2D eigenvalue weighted by molar-refractivity contribution is -0.122. The molecule has 1 atom stereocenters. The van der Waals surface area contributed by atoms with Crippen LogP contribution in [-0.2, 0) is 4.79 Å². The summed E-state index contributed by atoms with van der Waals surface area (Å²) in [6, 6.07) is 15.6. The van der Waals surface area contributed by atoms with Gasteiger partial charge in [0.1, 0.15) is 24.0 Å². The summed E-state index contributed by atoms with van der Waals surface area (Å²) in [6.07, 6.45) is 0. The zero-order chi connectivity index (χ0) is 20.6. The standard InChI is InChI=1S/C22H22F2N2O2S/c1-26(11-12-28-19-5-2-4-18(24)14-19)15-21(27)25-22(20-6-3-13-29-20)16-7-9-17(23)10-8-16/h2-10,13-14,22H,11-12,15H2,1H3,(H,25,27). The van der Waals surface area contributed by atoms with Crippen LogP contribution in [-0.4, -0.2) is 37.6 Å². The molecule has 152 valence electrons. The second-order valence-corrected chi connectivity index (χ2v) is 7.59. The second-order valence-electron chi connectivity index (χ2n) is 6.61. The number of amides is 1. The molecule has 3 rings (SSSR count). The largest absolute Gasteiger partial charge is 0.492 e. The van der Waals surface area contributed by atoms with Gasteiger partial charge in [-0.05, 0) is 48.3 Å². The van der Waals surface area contributed by atoms with E-state index < -0.39 is 0 Å². The molecule has 0 aliphatic carbocycles. The number of nitrogens with one attached hydrogen (secondary N) is 1. The first-order valence-corrected chi connectivity index (χ1v) is 10.0. The lowest BCUT2D eigenvalue weighted by Gasteiger charge is -2.21. The highest BCUT2D eigenvalue weighted by Crippen LogP contribution is 2.26. The van der Waals surface area contributed by atoms with Gasteiger partial charge in [0.25, 0.3) is 0 Å². The highest BCUT2D eigenvalue weighted by molar-refractivity contribution is 7.10. The molecular formula is C22H22F2N2O2S. The van der Waals surface area contributed by atoms with E-state index in [0.29, 0.717) is 18.9 Å². The molecule has 4 nitrogen and oxygen atoms in total. The van der Waals surface area contributed by atoms with Crippen molar-refractivity contribution in [2.24, 2.45) is 0 Å². The zero-order valence-electron chi connectivity index (χ0n) is 16.0. The fourth-order valence-corrected chi connectivity index (χ4v) is 3.64. The van der Waals surface area contributed by atoms with Crippen molar-refractivity contribution in [3.8, 4) is 5.75 Å². The van der Waals surface area contributed by atoms with Crippen LogP contribution in [0.4, 0.5) is 8.78 Å². The molecule has 1 amide bonds.